The van der Waals surface area contributed by atoms with E-state index < -0.39 is 0 Å². The Balaban J connectivity index is 1.35. The number of rotatable bonds is 4. The lowest BCUT2D eigenvalue weighted by atomic mass is 10.2. The van der Waals surface area contributed by atoms with Crippen molar-refractivity contribution in [3.8, 4) is 11.3 Å². The van der Waals surface area contributed by atoms with Crippen LogP contribution in [0.1, 0.15) is 5.69 Å². The van der Waals surface area contributed by atoms with Gasteiger partial charge in [0.05, 0.1) is 24.1 Å². The molecule has 0 aliphatic heterocycles. The van der Waals surface area contributed by atoms with Gasteiger partial charge in [0, 0.05) is 34.8 Å². The quantitative estimate of drug-likeness (QED) is 0.472. The number of pyridine rings is 2. The van der Waals surface area contributed by atoms with E-state index in [1.807, 2.05) is 47.3 Å². The van der Waals surface area contributed by atoms with Gasteiger partial charge in [-0.1, -0.05) is 11.3 Å². The summed E-state index contributed by atoms with van der Waals surface area (Å²) in [5.41, 5.74) is 3.72. The molecule has 26 heavy (non-hydrogen) atoms. The van der Waals surface area contributed by atoms with Crippen LogP contribution in [0.25, 0.3) is 21.9 Å². The first-order valence-corrected chi connectivity index (χ1v) is 9.49. The summed E-state index contributed by atoms with van der Waals surface area (Å²) < 4.78 is 4.80. The lowest BCUT2D eigenvalue weighted by Crippen LogP contribution is -1.99. The van der Waals surface area contributed by atoms with Crippen LogP contribution in [0.15, 0.2) is 59.7 Å². The number of aromatic nitrogens is 6. The molecule has 0 radical (unpaired) electrons. The molecule has 5 aromatic heterocycles. The number of anilines is 1. The maximum absolute atomic E-state index is 4.62. The first-order valence-electron chi connectivity index (χ1n) is 7.88. The Bertz CT molecular complexity index is 1180. The summed E-state index contributed by atoms with van der Waals surface area (Å²) in [6.45, 7) is 0.603. The maximum atomic E-state index is 4.62. The van der Waals surface area contributed by atoms with E-state index in [4.69, 9.17) is 0 Å². The number of hydrogen-bond donors (Lipinski definition) is 1. The molecule has 128 valence electrons. The lowest BCUT2D eigenvalue weighted by Gasteiger charge is -1.97. The van der Waals surface area contributed by atoms with Gasteiger partial charge in [0.2, 0.25) is 10.1 Å². The van der Waals surface area contributed by atoms with Crippen LogP contribution in [-0.2, 0) is 6.54 Å². The summed E-state index contributed by atoms with van der Waals surface area (Å²) in [5.74, 6) is 0. The SMILES string of the molecule is Brc1ccc2nc(CNc3nn4cc(-c5cccnc5)nc4s3)cn2c1. The van der Waals surface area contributed by atoms with Crippen LogP contribution in [0, 0.1) is 0 Å². The number of hydrogen-bond acceptors (Lipinski definition) is 6. The minimum Gasteiger partial charge on any atom is -0.354 e. The summed E-state index contributed by atoms with van der Waals surface area (Å²) in [6, 6.07) is 7.84. The van der Waals surface area contributed by atoms with Crippen LogP contribution in [0.2, 0.25) is 0 Å². The Morgan fingerprint density at radius 3 is 2.92 bits per heavy atom. The molecule has 0 aliphatic carbocycles. The van der Waals surface area contributed by atoms with Crippen molar-refractivity contribution < 1.29 is 0 Å². The normalized spacial score (nSPS) is 11.4. The van der Waals surface area contributed by atoms with Gasteiger partial charge in [0.1, 0.15) is 5.65 Å². The van der Waals surface area contributed by atoms with E-state index in [2.05, 4.69) is 41.3 Å². The van der Waals surface area contributed by atoms with E-state index in [1.165, 1.54) is 11.3 Å². The van der Waals surface area contributed by atoms with E-state index >= 15 is 0 Å². The summed E-state index contributed by atoms with van der Waals surface area (Å²) in [5, 5.41) is 8.67. The molecule has 0 atom stereocenters. The predicted molar refractivity (Wildman–Crippen MR) is 104 cm³/mol. The van der Waals surface area contributed by atoms with Crippen molar-refractivity contribution >= 4 is 43.0 Å². The van der Waals surface area contributed by atoms with Gasteiger partial charge in [-0.15, -0.1) is 5.10 Å². The van der Waals surface area contributed by atoms with Crippen molar-refractivity contribution in [3.63, 3.8) is 0 Å². The largest absolute Gasteiger partial charge is 0.354 e. The second-order valence-corrected chi connectivity index (χ2v) is 7.57. The molecule has 1 N–H and O–H groups in total. The fourth-order valence-corrected chi connectivity index (χ4v) is 3.82. The third kappa shape index (κ3) is 2.85. The summed E-state index contributed by atoms with van der Waals surface area (Å²) in [4.78, 5) is 14.2. The van der Waals surface area contributed by atoms with Crippen LogP contribution in [0.4, 0.5) is 5.13 Å². The van der Waals surface area contributed by atoms with E-state index in [1.54, 1.807) is 16.9 Å². The molecular formula is C17H12BrN7S. The first kappa shape index (κ1) is 15.5. The van der Waals surface area contributed by atoms with Crippen molar-refractivity contribution in [2.75, 3.05) is 5.32 Å². The summed E-state index contributed by atoms with van der Waals surface area (Å²) in [6.07, 6.45) is 9.46. The molecule has 5 rings (SSSR count). The average Bonchev–Trinajstić information content (AvgIpc) is 3.32. The van der Waals surface area contributed by atoms with Gasteiger partial charge in [0.25, 0.3) is 0 Å². The van der Waals surface area contributed by atoms with E-state index in [-0.39, 0.29) is 0 Å². The monoisotopic (exact) mass is 425 g/mol. The molecule has 0 bridgehead atoms. The number of nitrogens with zero attached hydrogens (tertiary/aromatic N) is 6. The minimum atomic E-state index is 0.603. The number of halogens is 1. The van der Waals surface area contributed by atoms with Crippen LogP contribution in [0.3, 0.4) is 0 Å². The molecule has 0 saturated heterocycles. The van der Waals surface area contributed by atoms with Crippen LogP contribution in [-0.4, -0.2) is 29.0 Å². The van der Waals surface area contributed by atoms with Gasteiger partial charge < -0.3 is 9.72 Å². The number of imidazole rings is 2. The van der Waals surface area contributed by atoms with Crippen molar-refractivity contribution in [2.45, 2.75) is 6.54 Å². The Hall–Kier alpha value is -2.78. The second-order valence-electron chi connectivity index (χ2n) is 5.70. The highest BCUT2D eigenvalue weighted by Crippen LogP contribution is 2.24. The topological polar surface area (TPSA) is 72.4 Å². The Morgan fingerprint density at radius 1 is 1.12 bits per heavy atom. The molecule has 0 saturated carbocycles. The zero-order valence-electron chi connectivity index (χ0n) is 13.4. The smallest absolute Gasteiger partial charge is 0.214 e. The number of fused-ring (bicyclic) bond motifs is 2. The zero-order chi connectivity index (χ0) is 17.5. The minimum absolute atomic E-state index is 0.603. The van der Waals surface area contributed by atoms with Crippen LogP contribution < -0.4 is 5.32 Å². The maximum Gasteiger partial charge on any atom is 0.214 e. The second kappa shape index (κ2) is 6.19. The molecule has 9 heteroatoms. The standard InChI is InChI=1S/C17H12BrN7S/c18-12-3-4-15-21-13(9-24(15)8-12)7-20-16-23-25-10-14(22-17(25)26-16)11-2-1-5-19-6-11/h1-6,8-10H,7H2,(H,20,23). The molecule has 0 unspecified atom stereocenters. The third-order valence-electron chi connectivity index (χ3n) is 3.89. The fourth-order valence-electron chi connectivity index (χ4n) is 2.69. The summed E-state index contributed by atoms with van der Waals surface area (Å²) >= 11 is 4.98. The summed E-state index contributed by atoms with van der Waals surface area (Å²) in [7, 11) is 0. The zero-order valence-corrected chi connectivity index (χ0v) is 15.8. The highest BCUT2D eigenvalue weighted by atomic mass is 79.9. The van der Waals surface area contributed by atoms with Gasteiger partial charge in [-0.2, -0.15) is 0 Å². The fraction of sp³-hybridized carbons (Fsp3) is 0.0588. The van der Waals surface area contributed by atoms with Crippen molar-refractivity contribution in [1.29, 1.82) is 0 Å². The van der Waals surface area contributed by atoms with Gasteiger partial charge >= 0.3 is 0 Å². The van der Waals surface area contributed by atoms with Gasteiger partial charge in [-0.05, 0) is 40.2 Å². The molecular weight excluding hydrogens is 414 g/mol. The van der Waals surface area contributed by atoms with E-state index in [0.29, 0.717) is 6.54 Å². The Kier molecular flexibility index (Phi) is 3.68. The number of nitrogens with one attached hydrogen (secondary N) is 1. The average molecular weight is 426 g/mol. The van der Waals surface area contributed by atoms with Crippen molar-refractivity contribution in [2.24, 2.45) is 0 Å². The Labute approximate surface area is 160 Å². The third-order valence-corrected chi connectivity index (χ3v) is 5.24. The molecule has 0 amide bonds. The van der Waals surface area contributed by atoms with Crippen molar-refractivity contribution in [3.05, 3.63) is 65.4 Å². The van der Waals surface area contributed by atoms with Crippen molar-refractivity contribution in [1.82, 2.24) is 29.0 Å². The lowest BCUT2D eigenvalue weighted by molar-refractivity contribution is 0.956. The molecule has 0 aromatic carbocycles. The predicted octanol–water partition coefficient (Wildman–Crippen LogP) is 3.88. The van der Waals surface area contributed by atoms with E-state index in [9.17, 15) is 0 Å². The molecule has 0 aliphatic rings. The molecule has 0 fully saturated rings. The highest BCUT2D eigenvalue weighted by molar-refractivity contribution is 9.10. The van der Waals surface area contributed by atoms with Gasteiger partial charge in [-0.25, -0.2) is 14.5 Å². The molecule has 5 heterocycles. The molecule has 5 aromatic rings. The van der Waals surface area contributed by atoms with E-state index in [0.717, 1.165) is 37.2 Å². The molecule has 0 spiro atoms. The van der Waals surface area contributed by atoms with Crippen LogP contribution in [0.5, 0.6) is 0 Å². The van der Waals surface area contributed by atoms with Crippen LogP contribution >= 0.6 is 27.3 Å². The highest BCUT2D eigenvalue weighted by Gasteiger charge is 2.10. The molecule has 7 nitrogen and oxygen atoms in total. The first-order chi connectivity index (χ1) is 12.7. The van der Waals surface area contributed by atoms with Gasteiger partial charge in [-0.3, -0.25) is 4.98 Å². The Morgan fingerprint density at radius 2 is 2.08 bits per heavy atom. The van der Waals surface area contributed by atoms with Gasteiger partial charge in [0.15, 0.2) is 0 Å².